The second-order valence-corrected chi connectivity index (χ2v) is 8.16. The molecule has 1 aromatic heterocycles. The van der Waals surface area contributed by atoms with E-state index in [1.807, 2.05) is 12.1 Å². The number of hydrogen-bond donors (Lipinski definition) is 0. The Labute approximate surface area is 187 Å². The summed E-state index contributed by atoms with van der Waals surface area (Å²) in [5.41, 5.74) is 0.525. The van der Waals surface area contributed by atoms with Gasteiger partial charge in [0.1, 0.15) is 11.8 Å². The average molecular weight is 440 g/mol. The van der Waals surface area contributed by atoms with E-state index >= 15 is 0 Å². The van der Waals surface area contributed by atoms with Gasteiger partial charge in [-0.1, -0.05) is 12.1 Å². The fraction of sp³-hybridized carbons (Fsp3) is 0.458. The lowest BCUT2D eigenvalue weighted by Gasteiger charge is -2.37. The molecule has 2 fully saturated rings. The summed E-state index contributed by atoms with van der Waals surface area (Å²) in [5, 5.41) is 0. The van der Waals surface area contributed by atoms with Crippen LogP contribution in [0.15, 0.2) is 47.1 Å². The SMILES string of the molecule is COc1ccccc1C(=O)N1CCCN(C(=O)C2CCCCN2C(=O)c2ccco2)CC1. The standard InChI is InChI=1S/C24H29N3O5/c1-31-20-10-3-2-8-18(20)22(28)25-12-7-13-26(16-15-25)23(29)19-9-4-5-14-27(19)24(30)21-11-6-17-32-21/h2-3,6,8,10-11,17,19H,4-5,7,9,12-16H2,1H3. The van der Waals surface area contributed by atoms with Gasteiger partial charge in [-0.25, -0.2) is 0 Å². The lowest BCUT2D eigenvalue weighted by atomic mass is 10.00. The van der Waals surface area contributed by atoms with Crippen LogP contribution in [0, 0.1) is 0 Å². The minimum absolute atomic E-state index is 0.0452. The Morgan fingerprint density at radius 2 is 1.66 bits per heavy atom. The Hall–Kier alpha value is -3.29. The summed E-state index contributed by atoms with van der Waals surface area (Å²) in [5.74, 6) is 0.425. The Bertz CT molecular complexity index is 958. The highest BCUT2D eigenvalue weighted by Gasteiger charge is 2.36. The summed E-state index contributed by atoms with van der Waals surface area (Å²) in [6.07, 6.45) is 4.58. The maximum Gasteiger partial charge on any atom is 0.290 e. The number of carbonyl (C=O) groups excluding carboxylic acids is 3. The van der Waals surface area contributed by atoms with Crippen LogP contribution in [0.4, 0.5) is 0 Å². The molecule has 0 radical (unpaired) electrons. The van der Waals surface area contributed by atoms with Crippen LogP contribution in [0.3, 0.4) is 0 Å². The zero-order valence-electron chi connectivity index (χ0n) is 18.4. The average Bonchev–Trinajstić information content (AvgIpc) is 3.27. The van der Waals surface area contributed by atoms with Crippen molar-refractivity contribution in [1.82, 2.24) is 14.7 Å². The first-order chi connectivity index (χ1) is 15.6. The third-order valence-corrected chi connectivity index (χ3v) is 6.21. The maximum atomic E-state index is 13.4. The molecule has 3 heterocycles. The number of benzene rings is 1. The fourth-order valence-corrected chi connectivity index (χ4v) is 4.52. The molecule has 170 valence electrons. The number of ether oxygens (including phenoxy) is 1. The van der Waals surface area contributed by atoms with Crippen molar-refractivity contribution in [2.75, 3.05) is 39.8 Å². The highest BCUT2D eigenvalue weighted by Crippen LogP contribution is 2.24. The van der Waals surface area contributed by atoms with Gasteiger partial charge in [0, 0.05) is 32.7 Å². The highest BCUT2D eigenvalue weighted by atomic mass is 16.5. The smallest absolute Gasteiger partial charge is 0.290 e. The number of nitrogens with zero attached hydrogens (tertiary/aromatic N) is 3. The van der Waals surface area contributed by atoms with Gasteiger partial charge in [-0.15, -0.1) is 0 Å². The second-order valence-electron chi connectivity index (χ2n) is 8.16. The lowest BCUT2D eigenvalue weighted by Crippen LogP contribution is -2.53. The molecule has 2 aliphatic rings. The molecule has 0 bridgehead atoms. The van der Waals surface area contributed by atoms with E-state index in [4.69, 9.17) is 9.15 Å². The van der Waals surface area contributed by atoms with Crippen molar-refractivity contribution in [3.63, 3.8) is 0 Å². The van der Waals surface area contributed by atoms with Crippen LogP contribution in [0.5, 0.6) is 5.75 Å². The van der Waals surface area contributed by atoms with Crippen LogP contribution < -0.4 is 4.74 Å². The van der Waals surface area contributed by atoms with Gasteiger partial charge in [-0.3, -0.25) is 14.4 Å². The van der Waals surface area contributed by atoms with E-state index in [2.05, 4.69) is 0 Å². The molecule has 2 saturated heterocycles. The van der Waals surface area contributed by atoms with E-state index in [9.17, 15) is 14.4 Å². The molecule has 0 aliphatic carbocycles. The van der Waals surface area contributed by atoms with Crippen molar-refractivity contribution in [2.45, 2.75) is 31.7 Å². The number of likely N-dealkylation sites (tertiary alicyclic amines) is 1. The molecule has 3 amide bonds. The summed E-state index contributed by atoms with van der Waals surface area (Å²) < 4.78 is 10.6. The molecule has 8 heteroatoms. The number of carbonyl (C=O) groups is 3. The molecule has 8 nitrogen and oxygen atoms in total. The molecule has 2 aliphatic heterocycles. The van der Waals surface area contributed by atoms with Crippen molar-refractivity contribution in [1.29, 1.82) is 0 Å². The van der Waals surface area contributed by atoms with Crippen LogP contribution in [0.25, 0.3) is 0 Å². The third-order valence-electron chi connectivity index (χ3n) is 6.21. The zero-order valence-corrected chi connectivity index (χ0v) is 18.4. The molecule has 0 N–H and O–H groups in total. The first-order valence-corrected chi connectivity index (χ1v) is 11.2. The van der Waals surface area contributed by atoms with Gasteiger partial charge in [0.2, 0.25) is 5.91 Å². The minimum Gasteiger partial charge on any atom is -0.496 e. The molecular formula is C24H29N3O5. The van der Waals surface area contributed by atoms with Gasteiger partial charge in [-0.05, 0) is 49.9 Å². The molecule has 0 saturated carbocycles. The van der Waals surface area contributed by atoms with Gasteiger partial charge in [-0.2, -0.15) is 0 Å². The number of piperidine rings is 1. The summed E-state index contributed by atoms with van der Waals surface area (Å²) >= 11 is 0. The summed E-state index contributed by atoms with van der Waals surface area (Å²) in [6, 6.07) is 10.00. The van der Waals surface area contributed by atoms with Gasteiger partial charge < -0.3 is 23.9 Å². The van der Waals surface area contributed by atoms with Crippen molar-refractivity contribution in [2.24, 2.45) is 0 Å². The number of hydrogen-bond acceptors (Lipinski definition) is 5. The van der Waals surface area contributed by atoms with E-state index in [0.717, 1.165) is 12.8 Å². The van der Waals surface area contributed by atoms with E-state index in [0.29, 0.717) is 56.9 Å². The molecule has 4 rings (SSSR count). The van der Waals surface area contributed by atoms with Crippen LogP contribution >= 0.6 is 0 Å². The van der Waals surface area contributed by atoms with Crippen molar-refractivity contribution in [3.8, 4) is 5.75 Å². The van der Waals surface area contributed by atoms with Gasteiger partial charge in [0.25, 0.3) is 11.8 Å². The Morgan fingerprint density at radius 1 is 0.875 bits per heavy atom. The Kier molecular flexibility index (Phi) is 6.78. The fourth-order valence-electron chi connectivity index (χ4n) is 4.52. The first-order valence-electron chi connectivity index (χ1n) is 11.2. The molecule has 1 atom stereocenters. The number of furan rings is 1. The van der Waals surface area contributed by atoms with E-state index in [-0.39, 0.29) is 23.5 Å². The molecule has 2 aromatic rings. The quantitative estimate of drug-likeness (QED) is 0.731. The topological polar surface area (TPSA) is 83.3 Å². The first kappa shape index (κ1) is 21.9. The molecule has 0 spiro atoms. The third kappa shape index (κ3) is 4.49. The van der Waals surface area contributed by atoms with Gasteiger partial charge in [0.15, 0.2) is 5.76 Å². The summed E-state index contributed by atoms with van der Waals surface area (Å²) in [6.45, 7) is 2.57. The molecule has 1 aromatic carbocycles. The van der Waals surface area contributed by atoms with Crippen molar-refractivity contribution < 1.29 is 23.5 Å². The largest absolute Gasteiger partial charge is 0.496 e. The van der Waals surface area contributed by atoms with Crippen LogP contribution in [-0.4, -0.2) is 78.3 Å². The highest BCUT2D eigenvalue weighted by molar-refractivity contribution is 5.97. The monoisotopic (exact) mass is 439 g/mol. The normalized spacial score (nSPS) is 19.4. The predicted octanol–water partition coefficient (Wildman–Crippen LogP) is 2.66. The predicted molar refractivity (Wildman–Crippen MR) is 117 cm³/mol. The molecule has 1 unspecified atom stereocenters. The van der Waals surface area contributed by atoms with Crippen molar-refractivity contribution in [3.05, 3.63) is 54.0 Å². The van der Waals surface area contributed by atoms with E-state index in [1.54, 1.807) is 46.1 Å². The van der Waals surface area contributed by atoms with Crippen LogP contribution in [0.1, 0.15) is 46.6 Å². The minimum atomic E-state index is -0.488. The lowest BCUT2D eigenvalue weighted by molar-refractivity contribution is -0.137. The summed E-state index contributed by atoms with van der Waals surface area (Å²) in [7, 11) is 1.55. The van der Waals surface area contributed by atoms with Crippen LogP contribution in [-0.2, 0) is 4.79 Å². The van der Waals surface area contributed by atoms with Gasteiger partial charge >= 0.3 is 0 Å². The second kappa shape index (κ2) is 9.89. The zero-order chi connectivity index (χ0) is 22.5. The Balaban J connectivity index is 1.43. The number of methoxy groups -OCH3 is 1. The number of para-hydroxylation sites is 1. The van der Waals surface area contributed by atoms with Gasteiger partial charge in [0.05, 0.1) is 18.9 Å². The number of rotatable bonds is 4. The molecule has 32 heavy (non-hydrogen) atoms. The Morgan fingerprint density at radius 3 is 2.44 bits per heavy atom. The molecular weight excluding hydrogens is 410 g/mol. The van der Waals surface area contributed by atoms with Crippen LogP contribution in [0.2, 0.25) is 0 Å². The van der Waals surface area contributed by atoms with E-state index in [1.165, 1.54) is 6.26 Å². The maximum absolute atomic E-state index is 13.4. The number of amides is 3. The van der Waals surface area contributed by atoms with E-state index < -0.39 is 6.04 Å². The summed E-state index contributed by atoms with van der Waals surface area (Å²) in [4.78, 5) is 44.6. The van der Waals surface area contributed by atoms with Crippen molar-refractivity contribution >= 4 is 17.7 Å².